The van der Waals surface area contributed by atoms with Crippen molar-refractivity contribution in [3.8, 4) is 5.69 Å². The molecule has 0 radical (unpaired) electrons. The van der Waals surface area contributed by atoms with Gasteiger partial charge in [0.25, 0.3) is 0 Å². The molecule has 1 saturated carbocycles. The normalized spacial score (nSPS) is 22.2. The van der Waals surface area contributed by atoms with Crippen molar-refractivity contribution in [2.75, 3.05) is 6.54 Å². The summed E-state index contributed by atoms with van der Waals surface area (Å²) in [7, 11) is 0. The van der Waals surface area contributed by atoms with E-state index in [9.17, 15) is 0 Å². The fourth-order valence-electron chi connectivity index (χ4n) is 2.68. The second-order valence-corrected chi connectivity index (χ2v) is 6.17. The number of rotatable bonds is 5. The van der Waals surface area contributed by atoms with Crippen LogP contribution in [0.5, 0.6) is 0 Å². The van der Waals surface area contributed by atoms with Gasteiger partial charge < -0.3 is 5.32 Å². The number of thioether (sulfide) groups is 1. The molecule has 1 aromatic carbocycles. The van der Waals surface area contributed by atoms with Crippen LogP contribution < -0.4 is 5.32 Å². The Bertz CT molecular complexity index is 542. The number of hydrogen-bond donors (Lipinski definition) is 1. The van der Waals surface area contributed by atoms with E-state index in [-0.39, 0.29) is 0 Å². The predicted molar refractivity (Wildman–Crippen MR) is 80.1 cm³/mol. The lowest BCUT2D eigenvalue weighted by molar-refractivity contribution is 0.550. The Morgan fingerprint density at radius 3 is 2.95 bits per heavy atom. The van der Waals surface area contributed by atoms with Gasteiger partial charge in [0.1, 0.15) is 0 Å². The zero-order valence-electron chi connectivity index (χ0n) is 11.6. The molecule has 1 aliphatic carbocycles. The van der Waals surface area contributed by atoms with Gasteiger partial charge in [0.15, 0.2) is 0 Å². The Labute approximate surface area is 123 Å². The molecule has 1 aliphatic rings. The second-order valence-electron chi connectivity index (χ2n) is 4.96. The van der Waals surface area contributed by atoms with Crippen molar-refractivity contribution in [1.29, 1.82) is 0 Å². The van der Waals surface area contributed by atoms with Gasteiger partial charge in [-0.15, -0.1) is 5.10 Å². The molecule has 0 aliphatic heterocycles. The highest BCUT2D eigenvalue weighted by atomic mass is 32.2. The van der Waals surface area contributed by atoms with Crippen molar-refractivity contribution in [1.82, 2.24) is 25.5 Å². The third-order valence-corrected chi connectivity index (χ3v) is 4.95. The van der Waals surface area contributed by atoms with Crippen molar-refractivity contribution in [3.05, 3.63) is 30.3 Å². The van der Waals surface area contributed by atoms with Crippen molar-refractivity contribution >= 4 is 11.8 Å². The van der Waals surface area contributed by atoms with E-state index in [4.69, 9.17) is 0 Å². The predicted octanol–water partition coefficient (Wildman–Crippen LogP) is 2.29. The van der Waals surface area contributed by atoms with E-state index < -0.39 is 0 Å². The van der Waals surface area contributed by atoms with Crippen LogP contribution in [0, 0.1) is 0 Å². The lowest BCUT2D eigenvalue weighted by atomic mass is 10.2. The number of hydrogen-bond acceptors (Lipinski definition) is 5. The minimum atomic E-state index is 0.559. The van der Waals surface area contributed by atoms with Crippen molar-refractivity contribution in [2.45, 2.75) is 42.6 Å². The molecule has 1 heterocycles. The first-order valence-corrected chi connectivity index (χ1v) is 8.00. The first-order chi connectivity index (χ1) is 9.88. The molecular formula is C14H19N5S. The lowest BCUT2D eigenvalue weighted by Crippen LogP contribution is -2.33. The Morgan fingerprint density at radius 2 is 2.15 bits per heavy atom. The fourth-order valence-corrected chi connectivity index (χ4v) is 3.96. The summed E-state index contributed by atoms with van der Waals surface area (Å²) in [6.07, 6.45) is 3.75. The summed E-state index contributed by atoms with van der Waals surface area (Å²) < 4.78 is 1.83. The van der Waals surface area contributed by atoms with Gasteiger partial charge in [-0.25, -0.2) is 0 Å². The minimum Gasteiger partial charge on any atom is -0.313 e. The molecule has 20 heavy (non-hydrogen) atoms. The Balaban J connectivity index is 1.77. The maximum atomic E-state index is 4.19. The summed E-state index contributed by atoms with van der Waals surface area (Å²) in [5.41, 5.74) is 1.01. The number of nitrogens with zero attached hydrogens (tertiary/aromatic N) is 4. The smallest absolute Gasteiger partial charge is 0.214 e. The number of benzene rings is 1. The summed E-state index contributed by atoms with van der Waals surface area (Å²) in [6.45, 7) is 3.18. The molecule has 0 spiro atoms. The van der Waals surface area contributed by atoms with Crippen LogP contribution in [0.15, 0.2) is 35.5 Å². The van der Waals surface area contributed by atoms with E-state index in [0.717, 1.165) is 17.4 Å². The fraction of sp³-hybridized carbons (Fsp3) is 0.500. The van der Waals surface area contributed by atoms with E-state index in [2.05, 4.69) is 27.8 Å². The first kappa shape index (κ1) is 13.6. The highest BCUT2D eigenvalue weighted by Gasteiger charge is 2.29. The van der Waals surface area contributed by atoms with Crippen LogP contribution in [0.1, 0.15) is 26.2 Å². The van der Waals surface area contributed by atoms with Crippen LogP contribution in [-0.4, -0.2) is 38.0 Å². The molecule has 106 valence electrons. The molecule has 3 rings (SSSR count). The van der Waals surface area contributed by atoms with E-state index >= 15 is 0 Å². The maximum Gasteiger partial charge on any atom is 0.214 e. The van der Waals surface area contributed by atoms with Crippen LogP contribution in [0.2, 0.25) is 0 Å². The summed E-state index contributed by atoms with van der Waals surface area (Å²) in [4.78, 5) is 0. The van der Waals surface area contributed by atoms with Crippen LogP contribution >= 0.6 is 11.8 Å². The Morgan fingerprint density at radius 1 is 1.30 bits per heavy atom. The average Bonchev–Trinajstić information content (AvgIpc) is 3.11. The van der Waals surface area contributed by atoms with E-state index in [0.29, 0.717) is 11.3 Å². The second kappa shape index (κ2) is 6.37. The van der Waals surface area contributed by atoms with E-state index in [1.54, 1.807) is 11.8 Å². The van der Waals surface area contributed by atoms with Gasteiger partial charge in [0.05, 0.1) is 5.69 Å². The van der Waals surface area contributed by atoms with Crippen molar-refractivity contribution < 1.29 is 0 Å². The third kappa shape index (κ3) is 2.86. The molecule has 1 aromatic heterocycles. The van der Waals surface area contributed by atoms with Crippen LogP contribution in [0.25, 0.3) is 5.69 Å². The highest BCUT2D eigenvalue weighted by Crippen LogP contribution is 2.34. The molecule has 2 aromatic rings. The van der Waals surface area contributed by atoms with Crippen molar-refractivity contribution in [2.24, 2.45) is 0 Å². The van der Waals surface area contributed by atoms with Gasteiger partial charge in [-0.3, -0.25) is 0 Å². The topological polar surface area (TPSA) is 55.6 Å². The Hall–Kier alpha value is -1.40. The number of nitrogens with one attached hydrogen (secondary N) is 1. The summed E-state index contributed by atoms with van der Waals surface area (Å²) in [5, 5.41) is 17.1. The van der Waals surface area contributed by atoms with Gasteiger partial charge in [-0.1, -0.05) is 43.3 Å². The summed E-state index contributed by atoms with van der Waals surface area (Å²) in [6, 6.07) is 10.6. The zero-order chi connectivity index (χ0) is 13.8. The molecule has 0 amide bonds. The molecule has 5 nitrogen and oxygen atoms in total. The number of tetrazole rings is 1. The lowest BCUT2D eigenvalue weighted by Gasteiger charge is -2.19. The maximum absolute atomic E-state index is 4.19. The van der Waals surface area contributed by atoms with Crippen LogP contribution in [0.4, 0.5) is 0 Å². The van der Waals surface area contributed by atoms with Gasteiger partial charge in [0.2, 0.25) is 5.16 Å². The van der Waals surface area contributed by atoms with Gasteiger partial charge in [-0.05, 0) is 41.9 Å². The van der Waals surface area contributed by atoms with Gasteiger partial charge in [0, 0.05) is 11.3 Å². The molecule has 0 bridgehead atoms. The Kier molecular flexibility index (Phi) is 4.32. The van der Waals surface area contributed by atoms with E-state index in [1.807, 2.05) is 35.0 Å². The van der Waals surface area contributed by atoms with Gasteiger partial charge >= 0.3 is 0 Å². The molecule has 6 heteroatoms. The monoisotopic (exact) mass is 289 g/mol. The molecule has 2 unspecified atom stereocenters. The average molecular weight is 289 g/mol. The first-order valence-electron chi connectivity index (χ1n) is 7.12. The standard InChI is InChI=1S/C14H19N5S/c1-2-15-12-9-6-10-13(12)20-14-16-17-18-19(14)11-7-4-3-5-8-11/h3-5,7-8,12-13,15H,2,6,9-10H2,1H3. The van der Waals surface area contributed by atoms with Crippen LogP contribution in [-0.2, 0) is 0 Å². The van der Waals surface area contributed by atoms with E-state index in [1.165, 1.54) is 19.3 Å². The number of aromatic nitrogens is 4. The van der Waals surface area contributed by atoms with Crippen molar-refractivity contribution in [3.63, 3.8) is 0 Å². The largest absolute Gasteiger partial charge is 0.313 e. The third-order valence-electron chi connectivity index (χ3n) is 3.62. The van der Waals surface area contributed by atoms with Gasteiger partial charge in [-0.2, -0.15) is 4.68 Å². The zero-order valence-corrected chi connectivity index (χ0v) is 12.4. The molecular weight excluding hydrogens is 270 g/mol. The molecule has 1 fully saturated rings. The molecule has 1 N–H and O–H groups in total. The number of para-hydroxylation sites is 1. The quantitative estimate of drug-likeness (QED) is 0.915. The van der Waals surface area contributed by atoms with Crippen LogP contribution in [0.3, 0.4) is 0 Å². The minimum absolute atomic E-state index is 0.559. The summed E-state index contributed by atoms with van der Waals surface area (Å²) >= 11 is 1.79. The molecule has 2 atom stereocenters. The SMILES string of the molecule is CCNC1CCCC1Sc1nnnn1-c1ccccc1. The highest BCUT2D eigenvalue weighted by molar-refractivity contribution is 7.99. The summed E-state index contributed by atoms with van der Waals surface area (Å²) in [5.74, 6) is 0. The molecule has 0 saturated heterocycles.